The first-order valence-corrected chi connectivity index (χ1v) is 6.67. The second kappa shape index (κ2) is 4.90. The molecule has 0 fully saturated rings. The van der Waals surface area contributed by atoms with Crippen molar-refractivity contribution >= 4 is 37.6 Å². The zero-order valence-electron chi connectivity index (χ0n) is 8.03. The number of nitrogens with one attached hydrogen (secondary N) is 1. The van der Waals surface area contributed by atoms with Crippen LogP contribution < -0.4 is 9.46 Å². The van der Waals surface area contributed by atoms with E-state index in [1.54, 1.807) is 13.0 Å². The Kier molecular flexibility index (Phi) is 4.01. The first-order chi connectivity index (χ1) is 7.28. The number of halogens is 2. The summed E-state index contributed by atoms with van der Waals surface area (Å²) >= 11 is 5.72. The zero-order chi connectivity index (χ0) is 12.3. The third-order valence-electron chi connectivity index (χ3n) is 1.49. The van der Waals surface area contributed by atoms with Crippen LogP contribution in [0.25, 0.3) is 0 Å². The molecule has 0 radical (unpaired) electrons. The highest BCUT2D eigenvalue weighted by molar-refractivity contribution is 8.12. The van der Waals surface area contributed by atoms with E-state index in [1.165, 1.54) is 16.9 Å². The van der Waals surface area contributed by atoms with Crippen LogP contribution in [0.4, 0.5) is 4.79 Å². The molecule has 0 unspecified atom stereocenters. The molecule has 5 nitrogen and oxygen atoms in total. The molecule has 0 heterocycles. The number of amides is 1. The highest BCUT2D eigenvalue weighted by Gasteiger charge is 2.14. The Labute approximate surface area is 102 Å². The number of hydrogen-bond donors (Lipinski definition) is 1. The lowest BCUT2D eigenvalue weighted by Gasteiger charge is -2.06. The Morgan fingerprint density at radius 1 is 1.44 bits per heavy atom. The van der Waals surface area contributed by atoms with Gasteiger partial charge in [0.1, 0.15) is 0 Å². The molecule has 0 saturated carbocycles. The van der Waals surface area contributed by atoms with E-state index in [0.717, 1.165) is 5.56 Å². The van der Waals surface area contributed by atoms with Gasteiger partial charge >= 0.3 is 15.3 Å². The summed E-state index contributed by atoms with van der Waals surface area (Å²) in [7, 11) is 0.631. The van der Waals surface area contributed by atoms with Gasteiger partial charge in [-0.05, 0) is 24.6 Å². The average Bonchev–Trinajstić information content (AvgIpc) is 2.08. The van der Waals surface area contributed by atoms with E-state index in [1.807, 2.05) is 0 Å². The number of carbonyl (C=O) groups excluding carboxylic acids is 1. The second-order valence-electron chi connectivity index (χ2n) is 2.86. The first kappa shape index (κ1) is 13.1. The minimum atomic E-state index is -4.16. The molecule has 0 bridgehead atoms. The van der Waals surface area contributed by atoms with Crippen LogP contribution in [0, 0.1) is 6.92 Å². The maximum Gasteiger partial charge on any atom is 0.427 e. The molecular formula is C8H7Cl2NO4S. The molecule has 1 amide bonds. The normalized spacial score (nSPS) is 10.9. The number of ether oxygens (including phenoxy) is 1. The van der Waals surface area contributed by atoms with Crippen LogP contribution in [0.5, 0.6) is 5.75 Å². The van der Waals surface area contributed by atoms with E-state index in [-0.39, 0.29) is 10.8 Å². The van der Waals surface area contributed by atoms with Gasteiger partial charge in [-0.15, -0.1) is 0 Å². The fourth-order valence-corrected chi connectivity index (χ4v) is 1.49. The highest BCUT2D eigenvalue weighted by atomic mass is 35.7. The summed E-state index contributed by atoms with van der Waals surface area (Å²) in [5.41, 5.74) is 0.806. The van der Waals surface area contributed by atoms with Crippen molar-refractivity contribution in [2.24, 2.45) is 0 Å². The summed E-state index contributed by atoms with van der Waals surface area (Å²) in [4.78, 5) is 11.0. The number of benzene rings is 1. The van der Waals surface area contributed by atoms with E-state index in [9.17, 15) is 13.2 Å². The quantitative estimate of drug-likeness (QED) is 0.845. The van der Waals surface area contributed by atoms with E-state index in [4.69, 9.17) is 22.3 Å². The van der Waals surface area contributed by atoms with Gasteiger partial charge in [-0.3, -0.25) is 0 Å². The summed E-state index contributed by atoms with van der Waals surface area (Å²) in [6, 6.07) is 4.73. The van der Waals surface area contributed by atoms with Gasteiger partial charge in [0.05, 0.1) is 5.02 Å². The topological polar surface area (TPSA) is 72.5 Å². The summed E-state index contributed by atoms with van der Waals surface area (Å²) in [5.74, 6) is 0.0551. The molecule has 0 aliphatic rings. The van der Waals surface area contributed by atoms with Crippen molar-refractivity contribution in [1.82, 2.24) is 4.72 Å². The molecule has 1 aromatic rings. The van der Waals surface area contributed by atoms with Gasteiger partial charge in [-0.25, -0.2) is 9.52 Å². The van der Waals surface area contributed by atoms with Crippen molar-refractivity contribution in [3.05, 3.63) is 28.8 Å². The van der Waals surface area contributed by atoms with Gasteiger partial charge < -0.3 is 4.74 Å². The summed E-state index contributed by atoms with van der Waals surface area (Å²) in [6.07, 6.45) is -1.22. The maximum atomic E-state index is 11.0. The van der Waals surface area contributed by atoms with E-state index >= 15 is 0 Å². The van der Waals surface area contributed by atoms with Crippen LogP contribution in [0.15, 0.2) is 18.2 Å². The third-order valence-corrected chi connectivity index (χ3v) is 2.45. The minimum Gasteiger partial charge on any atom is -0.408 e. The fraction of sp³-hybridized carbons (Fsp3) is 0.125. The molecular weight excluding hydrogens is 277 g/mol. The first-order valence-electron chi connectivity index (χ1n) is 3.98. The van der Waals surface area contributed by atoms with Crippen molar-refractivity contribution < 1.29 is 17.9 Å². The van der Waals surface area contributed by atoms with Gasteiger partial charge in [0.2, 0.25) is 0 Å². The molecule has 0 aliphatic carbocycles. The third kappa shape index (κ3) is 4.26. The van der Waals surface area contributed by atoms with Crippen LogP contribution in [-0.4, -0.2) is 14.5 Å². The lowest BCUT2D eigenvalue weighted by atomic mass is 10.2. The predicted octanol–water partition coefficient (Wildman–Crippen LogP) is 2.22. The van der Waals surface area contributed by atoms with Crippen molar-refractivity contribution in [2.75, 3.05) is 0 Å². The molecule has 0 saturated heterocycles. The maximum absolute atomic E-state index is 11.0. The largest absolute Gasteiger partial charge is 0.427 e. The average molecular weight is 284 g/mol. The molecule has 8 heteroatoms. The SMILES string of the molecule is Cc1ccc(Cl)c(OC(=O)NS(=O)(=O)Cl)c1. The van der Waals surface area contributed by atoms with Crippen LogP contribution in [0.3, 0.4) is 0 Å². The smallest absolute Gasteiger partial charge is 0.408 e. The molecule has 1 N–H and O–H groups in total. The number of hydrogen-bond acceptors (Lipinski definition) is 4. The Morgan fingerprint density at radius 2 is 2.06 bits per heavy atom. The minimum absolute atomic E-state index is 0.0551. The van der Waals surface area contributed by atoms with Crippen LogP contribution >= 0.6 is 22.3 Å². The van der Waals surface area contributed by atoms with Crippen molar-refractivity contribution in [2.45, 2.75) is 6.92 Å². The van der Waals surface area contributed by atoms with Gasteiger partial charge in [0.25, 0.3) is 0 Å². The molecule has 88 valence electrons. The van der Waals surface area contributed by atoms with Gasteiger partial charge in [-0.2, -0.15) is 8.42 Å². The Bertz CT molecular complexity index is 515. The lowest BCUT2D eigenvalue weighted by molar-refractivity contribution is 0.207. The summed E-state index contributed by atoms with van der Waals surface area (Å²) in [5, 5.41) is 0.188. The van der Waals surface area contributed by atoms with Gasteiger partial charge in [0.15, 0.2) is 5.75 Å². The van der Waals surface area contributed by atoms with Crippen LogP contribution in [-0.2, 0) is 9.24 Å². The van der Waals surface area contributed by atoms with Gasteiger partial charge in [0, 0.05) is 10.7 Å². The Morgan fingerprint density at radius 3 is 2.62 bits per heavy atom. The van der Waals surface area contributed by atoms with Crippen molar-refractivity contribution in [1.29, 1.82) is 0 Å². The van der Waals surface area contributed by atoms with Crippen LogP contribution in [0.1, 0.15) is 5.56 Å². The van der Waals surface area contributed by atoms with E-state index < -0.39 is 15.3 Å². The summed E-state index contributed by atoms with van der Waals surface area (Å²) < 4.78 is 27.1. The van der Waals surface area contributed by atoms with Crippen molar-refractivity contribution in [3.63, 3.8) is 0 Å². The zero-order valence-corrected chi connectivity index (χ0v) is 10.4. The molecule has 1 rings (SSSR count). The molecule has 1 aromatic carbocycles. The second-order valence-corrected chi connectivity index (χ2v) is 5.57. The predicted molar refractivity (Wildman–Crippen MR) is 60.1 cm³/mol. The number of rotatable bonds is 2. The van der Waals surface area contributed by atoms with E-state index in [0.29, 0.717) is 0 Å². The molecule has 0 atom stereocenters. The molecule has 0 aliphatic heterocycles. The number of aryl methyl sites for hydroxylation is 1. The molecule has 16 heavy (non-hydrogen) atoms. The molecule has 0 spiro atoms. The lowest BCUT2D eigenvalue weighted by Crippen LogP contribution is -2.29. The van der Waals surface area contributed by atoms with E-state index in [2.05, 4.69) is 4.74 Å². The van der Waals surface area contributed by atoms with Crippen molar-refractivity contribution in [3.8, 4) is 5.75 Å². The monoisotopic (exact) mass is 283 g/mol. The molecule has 0 aromatic heterocycles. The summed E-state index contributed by atoms with van der Waals surface area (Å²) in [6.45, 7) is 1.76. The Balaban J connectivity index is 2.81. The van der Waals surface area contributed by atoms with Gasteiger partial charge in [-0.1, -0.05) is 17.7 Å². The highest BCUT2D eigenvalue weighted by Crippen LogP contribution is 2.25. The standard InChI is InChI=1S/C8H7Cl2NO4S/c1-5-2-3-6(9)7(4-5)15-8(12)11-16(10,13)14/h2-4H,1H3,(H,11,12). The Hall–Kier alpha value is -0.980. The fourth-order valence-electron chi connectivity index (χ4n) is 0.909. The number of carbonyl (C=O) groups is 1. The van der Waals surface area contributed by atoms with Crippen LogP contribution in [0.2, 0.25) is 5.02 Å².